The number of H-pyrrole nitrogens is 1. The van der Waals surface area contributed by atoms with Crippen LogP contribution in [0.25, 0.3) is 17.3 Å². The highest BCUT2D eigenvalue weighted by atomic mass is 19.3. The van der Waals surface area contributed by atoms with Gasteiger partial charge in [0.15, 0.2) is 11.5 Å². The Morgan fingerprint density at radius 3 is 2.71 bits per heavy atom. The zero-order valence-corrected chi connectivity index (χ0v) is 16.5. The van der Waals surface area contributed by atoms with Crippen molar-refractivity contribution in [2.75, 3.05) is 11.9 Å². The van der Waals surface area contributed by atoms with Gasteiger partial charge in [0.25, 0.3) is 5.56 Å². The van der Waals surface area contributed by atoms with Crippen LogP contribution in [0, 0.1) is 0 Å². The van der Waals surface area contributed by atoms with Crippen LogP contribution in [-0.2, 0) is 4.79 Å². The van der Waals surface area contributed by atoms with Gasteiger partial charge in [-0.3, -0.25) is 9.59 Å². The summed E-state index contributed by atoms with van der Waals surface area (Å²) in [5.74, 6) is -0.310. The highest BCUT2D eigenvalue weighted by molar-refractivity contribution is 6.02. The van der Waals surface area contributed by atoms with Crippen LogP contribution in [0.5, 0.6) is 11.5 Å². The molecule has 2 aromatic carbocycles. The number of nitrogens with one attached hydrogen (secondary N) is 2. The molecule has 0 aliphatic heterocycles. The zero-order valence-electron chi connectivity index (χ0n) is 16.5. The second-order valence-electron chi connectivity index (χ2n) is 6.23. The molecule has 0 atom stereocenters. The number of nitrogens with zero attached hydrogens (tertiary/aromatic N) is 1. The predicted octanol–water partition coefficient (Wildman–Crippen LogP) is 4.09. The minimum absolute atomic E-state index is 0.0777. The van der Waals surface area contributed by atoms with Gasteiger partial charge in [0.2, 0.25) is 5.91 Å². The van der Waals surface area contributed by atoms with Crippen LogP contribution < -0.4 is 20.3 Å². The Kier molecular flexibility index (Phi) is 7.10. The van der Waals surface area contributed by atoms with E-state index in [1.165, 1.54) is 36.4 Å². The molecule has 160 valence electrons. The number of carbonyl (C=O) groups is 1. The molecule has 3 rings (SSSR count). The number of benzene rings is 2. The highest BCUT2D eigenvalue weighted by Crippen LogP contribution is 2.30. The molecule has 3 aromatic rings. The Bertz CT molecular complexity index is 1130. The number of anilines is 1. The van der Waals surface area contributed by atoms with E-state index in [1.54, 1.807) is 37.3 Å². The lowest BCUT2D eigenvalue weighted by Gasteiger charge is -2.11. The number of amides is 1. The summed E-state index contributed by atoms with van der Waals surface area (Å²) in [7, 11) is 0. The first kappa shape index (κ1) is 21.7. The smallest absolute Gasteiger partial charge is 0.387 e. The molecule has 0 radical (unpaired) electrons. The first-order valence-corrected chi connectivity index (χ1v) is 9.31. The summed E-state index contributed by atoms with van der Waals surface area (Å²) in [6.45, 7) is -0.972. The lowest BCUT2D eigenvalue weighted by Crippen LogP contribution is -2.08. The first-order chi connectivity index (χ1) is 14.9. The molecule has 0 fully saturated rings. The fraction of sp³-hybridized carbons (Fsp3) is 0.136. The highest BCUT2D eigenvalue weighted by Gasteiger charge is 2.11. The number of halogens is 2. The monoisotopic (exact) mass is 427 g/mol. The van der Waals surface area contributed by atoms with Crippen LogP contribution in [0.1, 0.15) is 12.5 Å². The molecule has 0 spiro atoms. The number of carbonyl (C=O) groups excluding carboxylic acids is 1. The summed E-state index contributed by atoms with van der Waals surface area (Å²) in [5.41, 5.74) is 2.08. The van der Waals surface area contributed by atoms with Crippen molar-refractivity contribution in [1.29, 1.82) is 0 Å². The lowest BCUT2D eigenvalue weighted by atomic mass is 10.1. The van der Waals surface area contributed by atoms with Crippen molar-refractivity contribution >= 4 is 17.7 Å². The number of aromatic nitrogens is 2. The van der Waals surface area contributed by atoms with Crippen molar-refractivity contribution in [2.24, 2.45) is 0 Å². The molecule has 0 saturated heterocycles. The Hall–Kier alpha value is -4.01. The number of ether oxygens (including phenoxy) is 2. The van der Waals surface area contributed by atoms with Gasteiger partial charge in [-0.15, -0.1) is 0 Å². The van der Waals surface area contributed by atoms with Crippen molar-refractivity contribution in [3.63, 3.8) is 0 Å². The topological polar surface area (TPSA) is 93.3 Å². The first-order valence-electron chi connectivity index (χ1n) is 9.31. The van der Waals surface area contributed by atoms with Gasteiger partial charge >= 0.3 is 6.61 Å². The SMILES string of the molecule is CCOc1cc(/C=C/C(=O)Nc2cccc(-c3ccc(=O)[nH]n3)c2)ccc1OC(F)F. The van der Waals surface area contributed by atoms with E-state index in [0.717, 1.165) is 0 Å². The van der Waals surface area contributed by atoms with E-state index in [0.29, 0.717) is 22.5 Å². The van der Waals surface area contributed by atoms with Gasteiger partial charge in [0.05, 0.1) is 12.3 Å². The van der Waals surface area contributed by atoms with Crippen molar-refractivity contribution in [3.05, 3.63) is 76.6 Å². The maximum absolute atomic E-state index is 12.5. The van der Waals surface area contributed by atoms with E-state index in [4.69, 9.17) is 4.74 Å². The zero-order chi connectivity index (χ0) is 22.2. The quantitative estimate of drug-likeness (QED) is 0.528. The predicted molar refractivity (Wildman–Crippen MR) is 112 cm³/mol. The normalized spacial score (nSPS) is 11.0. The minimum atomic E-state index is -2.96. The fourth-order valence-corrected chi connectivity index (χ4v) is 2.71. The molecule has 0 saturated carbocycles. The molecule has 0 aliphatic carbocycles. The molecule has 2 N–H and O–H groups in total. The summed E-state index contributed by atoms with van der Waals surface area (Å²) >= 11 is 0. The third-order valence-corrected chi connectivity index (χ3v) is 4.02. The summed E-state index contributed by atoms with van der Waals surface area (Å²) in [4.78, 5) is 23.4. The van der Waals surface area contributed by atoms with Gasteiger partial charge in [-0.25, -0.2) is 5.10 Å². The van der Waals surface area contributed by atoms with Crippen molar-refractivity contribution in [1.82, 2.24) is 10.2 Å². The molecule has 1 heterocycles. The van der Waals surface area contributed by atoms with E-state index in [9.17, 15) is 18.4 Å². The Morgan fingerprint density at radius 2 is 2.00 bits per heavy atom. The Morgan fingerprint density at radius 1 is 1.16 bits per heavy atom. The average molecular weight is 427 g/mol. The number of rotatable bonds is 8. The lowest BCUT2D eigenvalue weighted by molar-refractivity contribution is -0.111. The van der Waals surface area contributed by atoms with Crippen LogP contribution in [0.2, 0.25) is 0 Å². The number of aromatic amines is 1. The number of hydrogen-bond donors (Lipinski definition) is 2. The fourth-order valence-electron chi connectivity index (χ4n) is 2.71. The molecule has 1 amide bonds. The van der Waals surface area contributed by atoms with Crippen molar-refractivity contribution < 1.29 is 23.0 Å². The van der Waals surface area contributed by atoms with Gasteiger partial charge in [0, 0.05) is 23.4 Å². The van der Waals surface area contributed by atoms with E-state index >= 15 is 0 Å². The van der Waals surface area contributed by atoms with Crippen LogP contribution in [0.3, 0.4) is 0 Å². The largest absolute Gasteiger partial charge is 0.490 e. The Balaban J connectivity index is 1.70. The Labute approximate surface area is 176 Å². The van der Waals surface area contributed by atoms with Crippen LogP contribution in [0.4, 0.5) is 14.5 Å². The van der Waals surface area contributed by atoms with Crippen LogP contribution >= 0.6 is 0 Å². The molecule has 31 heavy (non-hydrogen) atoms. The van der Waals surface area contributed by atoms with E-state index < -0.39 is 12.5 Å². The van der Waals surface area contributed by atoms with Gasteiger partial charge in [-0.2, -0.15) is 13.9 Å². The molecule has 0 unspecified atom stereocenters. The summed E-state index contributed by atoms with van der Waals surface area (Å²) in [6.07, 6.45) is 2.83. The second kappa shape index (κ2) is 10.1. The summed E-state index contributed by atoms with van der Waals surface area (Å²) < 4.78 is 34.7. The molecular weight excluding hydrogens is 408 g/mol. The molecule has 9 heteroatoms. The van der Waals surface area contributed by atoms with Gasteiger partial charge in [0.1, 0.15) is 0 Å². The van der Waals surface area contributed by atoms with Crippen molar-refractivity contribution in [2.45, 2.75) is 13.5 Å². The van der Waals surface area contributed by atoms with Crippen LogP contribution in [0.15, 0.2) is 65.5 Å². The number of hydrogen-bond acceptors (Lipinski definition) is 5. The number of alkyl halides is 2. The minimum Gasteiger partial charge on any atom is -0.490 e. The van der Waals surface area contributed by atoms with E-state index in [-0.39, 0.29) is 23.7 Å². The third-order valence-electron chi connectivity index (χ3n) is 4.02. The summed E-state index contributed by atoms with van der Waals surface area (Å²) in [5, 5.41) is 9.05. The van der Waals surface area contributed by atoms with Gasteiger partial charge in [-0.05, 0) is 48.9 Å². The maximum atomic E-state index is 12.5. The van der Waals surface area contributed by atoms with Crippen molar-refractivity contribution in [3.8, 4) is 22.8 Å². The van der Waals surface area contributed by atoms with Crippen LogP contribution in [-0.4, -0.2) is 29.3 Å². The standard InChI is InChI=1S/C22H19F2N3O4/c1-2-30-19-12-14(6-9-18(19)31-22(23)24)7-10-20(28)25-16-5-3-4-15(13-16)17-8-11-21(29)27-26-17/h3-13,22H,2H2,1H3,(H,25,28)(H,27,29)/b10-7+. The summed E-state index contributed by atoms with van der Waals surface area (Å²) in [6, 6.07) is 14.3. The second-order valence-corrected chi connectivity index (χ2v) is 6.23. The molecule has 1 aromatic heterocycles. The molecule has 0 aliphatic rings. The van der Waals surface area contributed by atoms with Gasteiger partial charge < -0.3 is 14.8 Å². The third kappa shape index (κ3) is 6.23. The molecular formula is C22H19F2N3O4. The van der Waals surface area contributed by atoms with Gasteiger partial charge in [-0.1, -0.05) is 18.2 Å². The van der Waals surface area contributed by atoms with E-state index in [2.05, 4.69) is 20.3 Å². The molecule has 0 bridgehead atoms. The van der Waals surface area contributed by atoms with E-state index in [1.807, 2.05) is 0 Å². The average Bonchev–Trinajstić information content (AvgIpc) is 2.74. The maximum Gasteiger partial charge on any atom is 0.387 e. The molecule has 7 nitrogen and oxygen atoms in total.